The van der Waals surface area contributed by atoms with Gasteiger partial charge in [-0.15, -0.1) is 0 Å². The number of nitrogen functional groups attached to an aromatic ring is 1. The molecule has 0 aliphatic rings. The van der Waals surface area contributed by atoms with E-state index in [0.29, 0.717) is 18.1 Å². The molecule has 3 aromatic rings. The van der Waals surface area contributed by atoms with Gasteiger partial charge in [0, 0.05) is 6.07 Å². The zero-order chi connectivity index (χ0) is 14.8. The van der Waals surface area contributed by atoms with Crippen molar-refractivity contribution in [3.05, 3.63) is 53.6 Å². The van der Waals surface area contributed by atoms with Gasteiger partial charge in [-0.25, -0.2) is 4.98 Å². The van der Waals surface area contributed by atoms with Gasteiger partial charge in [0.25, 0.3) is 0 Å². The summed E-state index contributed by atoms with van der Waals surface area (Å²) in [5.74, 6) is 1.20. The molecular weight excluding hydrogens is 264 g/mol. The van der Waals surface area contributed by atoms with Crippen molar-refractivity contribution < 1.29 is 4.74 Å². The van der Waals surface area contributed by atoms with E-state index in [0.717, 1.165) is 22.3 Å². The maximum atomic E-state index is 8.97. The fourth-order valence-electron chi connectivity index (χ4n) is 2.34. The fourth-order valence-corrected chi connectivity index (χ4v) is 2.34. The van der Waals surface area contributed by atoms with E-state index < -0.39 is 0 Å². The van der Waals surface area contributed by atoms with Crippen molar-refractivity contribution in [1.29, 1.82) is 5.26 Å². The number of hydrogen-bond acceptors (Lipinski definition) is 4. The predicted octanol–water partition coefficient (Wildman–Crippen LogP) is 2.55. The van der Waals surface area contributed by atoms with Gasteiger partial charge in [0.05, 0.1) is 36.3 Å². The highest BCUT2D eigenvalue weighted by Gasteiger charge is 2.10. The summed E-state index contributed by atoms with van der Waals surface area (Å²) in [6.45, 7) is 0.561. The van der Waals surface area contributed by atoms with Gasteiger partial charge in [-0.2, -0.15) is 5.26 Å². The van der Waals surface area contributed by atoms with Crippen LogP contribution >= 0.6 is 0 Å². The molecule has 0 amide bonds. The number of nitrogens with two attached hydrogens (primary N) is 1. The quantitative estimate of drug-likeness (QED) is 0.798. The second-order valence-corrected chi connectivity index (χ2v) is 4.72. The Bertz CT molecular complexity index is 845. The number of methoxy groups -OCH3 is 1. The van der Waals surface area contributed by atoms with Crippen LogP contribution in [0.15, 0.2) is 42.5 Å². The number of aromatic nitrogens is 2. The van der Waals surface area contributed by atoms with Crippen molar-refractivity contribution in [1.82, 2.24) is 9.55 Å². The SMILES string of the molecule is COc1ccc2nc(N)n(Cc3cccc(C#N)c3)c2c1. The molecule has 21 heavy (non-hydrogen) atoms. The first kappa shape index (κ1) is 13.0. The number of imidazole rings is 1. The Hall–Kier alpha value is -3.00. The van der Waals surface area contributed by atoms with Crippen molar-refractivity contribution in [2.45, 2.75) is 6.54 Å². The highest BCUT2D eigenvalue weighted by Crippen LogP contribution is 2.24. The lowest BCUT2D eigenvalue weighted by Gasteiger charge is -2.08. The summed E-state index contributed by atoms with van der Waals surface area (Å²) in [5, 5.41) is 8.97. The highest BCUT2D eigenvalue weighted by atomic mass is 16.5. The number of benzene rings is 2. The van der Waals surface area contributed by atoms with Crippen molar-refractivity contribution in [3.8, 4) is 11.8 Å². The number of hydrogen-bond donors (Lipinski definition) is 1. The predicted molar refractivity (Wildman–Crippen MR) is 81.0 cm³/mol. The molecule has 1 heterocycles. The first-order valence-electron chi connectivity index (χ1n) is 6.50. The fraction of sp³-hybridized carbons (Fsp3) is 0.125. The molecule has 5 nitrogen and oxygen atoms in total. The van der Waals surface area contributed by atoms with E-state index in [4.69, 9.17) is 15.7 Å². The molecular formula is C16H14N4O. The van der Waals surface area contributed by atoms with Crippen LogP contribution in [0.25, 0.3) is 11.0 Å². The van der Waals surface area contributed by atoms with Crippen LogP contribution in [0.4, 0.5) is 5.95 Å². The zero-order valence-corrected chi connectivity index (χ0v) is 11.6. The molecule has 0 unspecified atom stereocenters. The minimum atomic E-state index is 0.445. The molecule has 0 saturated heterocycles. The minimum Gasteiger partial charge on any atom is -0.497 e. The van der Waals surface area contributed by atoms with Gasteiger partial charge in [-0.05, 0) is 29.8 Å². The third-order valence-corrected chi connectivity index (χ3v) is 3.38. The van der Waals surface area contributed by atoms with Gasteiger partial charge in [-0.1, -0.05) is 12.1 Å². The van der Waals surface area contributed by atoms with E-state index in [2.05, 4.69) is 11.1 Å². The van der Waals surface area contributed by atoms with Crippen LogP contribution in [-0.2, 0) is 6.54 Å². The molecule has 0 aliphatic heterocycles. The molecule has 104 valence electrons. The van der Waals surface area contributed by atoms with E-state index in [1.54, 1.807) is 13.2 Å². The number of fused-ring (bicyclic) bond motifs is 1. The van der Waals surface area contributed by atoms with Crippen LogP contribution in [-0.4, -0.2) is 16.7 Å². The summed E-state index contributed by atoms with van der Waals surface area (Å²) >= 11 is 0. The standard InChI is InChI=1S/C16H14N4O/c1-21-13-5-6-14-15(8-13)20(16(18)19-14)10-12-4-2-3-11(7-12)9-17/h2-8H,10H2,1H3,(H2,18,19). The van der Waals surface area contributed by atoms with Crippen LogP contribution in [0.3, 0.4) is 0 Å². The van der Waals surface area contributed by atoms with E-state index in [-0.39, 0.29) is 0 Å². The summed E-state index contributed by atoms with van der Waals surface area (Å²) in [5.41, 5.74) is 9.38. The Balaban J connectivity index is 2.07. The first-order chi connectivity index (χ1) is 10.2. The molecule has 0 fully saturated rings. The lowest BCUT2D eigenvalue weighted by molar-refractivity contribution is 0.415. The van der Waals surface area contributed by atoms with Crippen molar-refractivity contribution in [2.24, 2.45) is 0 Å². The van der Waals surface area contributed by atoms with E-state index in [1.807, 2.05) is 41.0 Å². The van der Waals surface area contributed by atoms with Crippen LogP contribution in [0.1, 0.15) is 11.1 Å². The van der Waals surface area contributed by atoms with Gasteiger partial charge < -0.3 is 15.0 Å². The summed E-state index contributed by atoms with van der Waals surface area (Å²) in [7, 11) is 1.63. The maximum Gasteiger partial charge on any atom is 0.201 e. The third kappa shape index (κ3) is 2.39. The molecule has 3 rings (SSSR count). The number of ether oxygens (including phenoxy) is 1. The molecule has 0 bridgehead atoms. The lowest BCUT2D eigenvalue weighted by Crippen LogP contribution is -2.04. The van der Waals surface area contributed by atoms with E-state index >= 15 is 0 Å². The first-order valence-corrected chi connectivity index (χ1v) is 6.50. The van der Waals surface area contributed by atoms with Gasteiger partial charge in [-0.3, -0.25) is 0 Å². The summed E-state index contributed by atoms with van der Waals surface area (Å²) < 4.78 is 7.16. The summed E-state index contributed by atoms with van der Waals surface area (Å²) in [6.07, 6.45) is 0. The van der Waals surface area contributed by atoms with Gasteiger partial charge in [0.1, 0.15) is 5.75 Å². The molecule has 5 heteroatoms. The second-order valence-electron chi connectivity index (χ2n) is 4.72. The second kappa shape index (κ2) is 5.17. The largest absolute Gasteiger partial charge is 0.497 e. The summed E-state index contributed by atoms with van der Waals surface area (Å²) in [4.78, 5) is 4.35. The molecule has 0 saturated carbocycles. The topological polar surface area (TPSA) is 76.9 Å². The van der Waals surface area contributed by atoms with Gasteiger partial charge in [0.2, 0.25) is 5.95 Å². The normalized spacial score (nSPS) is 10.5. The van der Waals surface area contributed by atoms with Crippen LogP contribution in [0.5, 0.6) is 5.75 Å². The Labute approximate surface area is 122 Å². The molecule has 0 aliphatic carbocycles. The molecule has 1 aromatic heterocycles. The Morgan fingerprint density at radius 1 is 1.29 bits per heavy atom. The Morgan fingerprint density at radius 2 is 2.14 bits per heavy atom. The Kier molecular flexibility index (Phi) is 3.20. The van der Waals surface area contributed by atoms with Crippen molar-refractivity contribution in [3.63, 3.8) is 0 Å². The molecule has 0 radical (unpaired) electrons. The van der Waals surface area contributed by atoms with Crippen molar-refractivity contribution in [2.75, 3.05) is 12.8 Å². The Morgan fingerprint density at radius 3 is 2.90 bits per heavy atom. The molecule has 0 atom stereocenters. The monoisotopic (exact) mass is 278 g/mol. The highest BCUT2D eigenvalue weighted by molar-refractivity contribution is 5.80. The van der Waals surface area contributed by atoms with Crippen LogP contribution in [0.2, 0.25) is 0 Å². The third-order valence-electron chi connectivity index (χ3n) is 3.38. The maximum absolute atomic E-state index is 8.97. The van der Waals surface area contributed by atoms with Crippen LogP contribution < -0.4 is 10.5 Å². The van der Waals surface area contributed by atoms with Gasteiger partial charge in [0.15, 0.2) is 0 Å². The minimum absolute atomic E-state index is 0.445. The molecule has 0 spiro atoms. The average molecular weight is 278 g/mol. The van der Waals surface area contributed by atoms with E-state index in [9.17, 15) is 0 Å². The number of anilines is 1. The number of nitriles is 1. The van der Waals surface area contributed by atoms with Crippen LogP contribution in [0, 0.1) is 11.3 Å². The lowest BCUT2D eigenvalue weighted by atomic mass is 10.1. The molecule has 2 N–H and O–H groups in total. The number of rotatable bonds is 3. The number of nitrogens with zero attached hydrogens (tertiary/aromatic N) is 3. The average Bonchev–Trinajstić information content (AvgIpc) is 2.82. The summed E-state index contributed by atoms with van der Waals surface area (Å²) in [6, 6.07) is 15.3. The van der Waals surface area contributed by atoms with Crippen molar-refractivity contribution >= 4 is 17.0 Å². The van der Waals surface area contributed by atoms with E-state index in [1.165, 1.54) is 0 Å². The van der Waals surface area contributed by atoms with Gasteiger partial charge >= 0.3 is 0 Å². The smallest absolute Gasteiger partial charge is 0.201 e. The zero-order valence-electron chi connectivity index (χ0n) is 11.6. The molecule has 2 aromatic carbocycles.